The number of unbranched alkanes of at least 4 members (excludes halogenated alkanes) is 32. The van der Waals surface area contributed by atoms with E-state index in [2.05, 4.69) is 31.3 Å². The Bertz CT molecular complexity index is 874. The van der Waals surface area contributed by atoms with Gasteiger partial charge >= 0.3 is 5.97 Å². The van der Waals surface area contributed by atoms with Gasteiger partial charge in [-0.05, 0) is 57.8 Å². The fourth-order valence-corrected chi connectivity index (χ4v) is 7.39. The standard InChI is InChI=1S/C50H95NO5/c1-3-5-7-9-11-13-15-17-18-19-20-22-24-28-32-36-40-44-50(55)56-45-41-37-33-29-25-27-31-35-39-43-49(54)51-47(46-52)48(53)42-38-34-30-26-23-21-16-14-12-10-8-6-4-2/h17-18,38,42,47-48,52-53H,3-16,19-37,39-41,43-46H2,1-2H3,(H,51,54)/b18-17-,42-38+. The summed E-state index contributed by atoms with van der Waals surface area (Å²) < 4.78 is 5.45. The molecule has 330 valence electrons. The number of esters is 1. The Morgan fingerprint density at radius 3 is 1.27 bits per heavy atom. The van der Waals surface area contributed by atoms with Crippen LogP contribution in [-0.4, -0.2) is 47.4 Å². The first-order chi connectivity index (χ1) is 27.5. The molecular weight excluding hydrogens is 695 g/mol. The maximum atomic E-state index is 12.4. The van der Waals surface area contributed by atoms with Crippen LogP contribution in [0.15, 0.2) is 24.3 Å². The second-order valence-electron chi connectivity index (χ2n) is 16.8. The molecule has 6 nitrogen and oxygen atoms in total. The van der Waals surface area contributed by atoms with Crippen LogP contribution < -0.4 is 5.32 Å². The first-order valence-corrected chi connectivity index (χ1v) is 24.6. The summed E-state index contributed by atoms with van der Waals surface area (Å²) in [7, 11) is 0. The summed E-state index contributed by atoms with van der Waals surface area (Å²) in [5, 5.41) is 23.0. The summed E-state index contributed by atoms with van der Waals surface area (Å²) >= 11 is 0. The fraction of sp³-hybridized carbons (Fsp3) is 0.880. The number of ether oxygens (including phenoxy) is 1. The number of carbonyl (C=O) groups is 2. The highest BCUT2D eigenvalue weighted by Gasteiger charge is 2.18. The molecule has 0 aromatic carbocycles. The Balaban J connectivity index is 3.51. The van der Waals surface area contributed by atoms with Gasteiger partial charge in [-0.2, -0.15) is 0 Å². The van der Waals surface area contributed by atoms with Crippen LogP contribution in [0, 0.1) is 0 Å². The van der Waals surface area contributed by atoms with E-state index in [-0.39, 0.29) is 18.5 Å². The minimum Gasteiger partial charge on any atom is -0.466 e. The van der Waals surface area contributed by atoms with Crippen LogP contribution in [0.25, 0.3) is 0 Å². The van der Waals surface area contributed by atoms with Crippen molar-refractivity contribution in [3.05, 3.63) is 24.3 Å². The maximum absolute atomic E-state index is 12.4. The van der Waals surface area contributed by atoms with Gasteiger partial charge in [0.2, 0.25) is 5.91 Å². The van der Waals surface area contributed by atoms with Gasteiger partial charge in [-0.1, -0.05) is 212 Å². The van der Waals surface area contributed by atoms with Crippen LogP contribution in [0.5, 0.6) is 0 Å². The van der Waals surface area contributed by atoms with Crippen molar-refractivity contribution in [1.29, 1.82) is 0 Å². The van der Waals surface area contributed by atoms with E-state index in [1.807, 2.05) is 6.08 Å². The second kappa shape index (κ2) is 46.0. The van der Waals surface area contributed by atoms with Crippen LogP contribution in [0.1, 0.15) is 258 Å². The van der Waals surface area contributed by atoms with Crippen molar-refractivity contribution in [2.45, 2.75) is 270 Å². The molecule has 0 rings (SSSR count). The zero-order valence-electron chi connectivity index (χ0n) is 37.4. The third-order valence-electron chi connectivity index (χ3n) is 11.2. The summed E-state index contributed by atoms with van der Waals surface area (Å²) in [4.78, 5) is 24.4. The Labute approximate surface area is 348 Å². The van der Waals surface area contributed by atoms with E-state index < -0.39 is 12.1 Å². The van der Waals surface area contributed by atoms with Crippen molar-refractivity contribution in [2.24, 2.45) is 0 Å². The fourth-order valence-electron chi connectivity index (χ4n) is 7.39. The predicted molar refractivity (Wildman–Crippen MR) is 241 cm³/mol. The van der Waals surface area contributed by atoms with Crippen LogP contribution in [0.4, 0.5) is 0 Å². The normalized spacial score (nSPS) is 12.9. The number of hydrogen-bond acceptors (Lipinski definition) is 5. The molecule has 0 aromatic heterocycles. The lowest BCUT2D eigenvalue weighted by atomic mass is 10.0. The lowest BCUT2D eigenvalue weighted by Crippen LogP contribution is -2.45. The van der Waals surface area contributed by atoms with E-state index in [4.69, 9.17) is 4.74 Å². The summed E-state index contributed by atoms with van der Waals surface area (Å²) in [5.74, 6) is -0.127. The van der Waals surface area contributed by atoms with Gasteiger partial charge in [0.15, 0.2) is 0 Å². The average Bonchev–Trinajstić information content (AvgIpc) is 3.20. The number of rotatable bonds is 45. The van der Waals surface area contributed by atoms with Crippen molar-refractivity contribution >= 4 is 11.9 Å². The van der Waals surface area contributed by atoms with E-state index in [1.165, 1.54) is 173 Å². The molecule has 0 aliphatic carbocycles. The molecule has 0 saturated heterocycles. The van der Waals surface area contributed by atoms with Crippen molar-refractivity contribution in [3.63, 3.8) is 0 Å². The van der Waals surface area contributed by atoms with Gasteiger partial charge < -0.3 is 20.3 Å². The molecule has 0 aliphatic heterocycles. The summed E-state index contributed by atoms with van der Waals surface area (Å²) in [5.41, 5.74) is 0. The van der Waals surface area contributed by atoms with Crippen molar-refractivity contribution in [3.8, 4) is 0 Å². The molecule has 56 heavy (non-hydrogen) atoms. The van der Waals surface area contributed by atoms with Gasteiger partial charge in [0.25, 0.3) is 0 Å². The van der Waals surface area contributed by atoms with Crippen LogP contribution in [-0.2, 0) is 14.3 Å². The maximum Gasteiger partial charge on any atom is 0.305 e. The minimum atomic E-state index is -0.860. The van der Waals surface area contributed by atoms with Gasteiger partial charge in [-0.15, -0.1) is 0 Å². The molecule has 0 aliphatic rings. The molecule has 2 atom stereocenters. The van der Waals surface area contributed by atoms with Crippen molar-refractivity contribution < 1.29 is 24.5 Å². The zero-order chi connectivity index (χ0) is 40.8. The van der Waals surface area contributed by atoms with Crippen LogP contribution >= 0.6 is 0 Å². The Morgan fingerprint density at radius 2 is 0.839 bits per heavy atom. The number of allylic oxidation sites excluding steroid dienone is 3. The number of carbonyl (C=O) groups excluding carboxylic acids is 2. The molecular formula is C50H95NO5. The Kier molecular flexibility index (Phi) is 44.7. The molecule has 1 amide bonds. The molecule has 0 bridgehead atoms. The third kappa shape index (κ3) is 42.0. The Morgan fingerprint density at radius 1 is 0.482 bits per heavy atom. The molecule has 0 radical (unpaired) electrons. The number of hydrogen-bond donors (Lipinski definition) is 3. The number of nitrogens with one attached hydrogen (secondary N) is 1. The van der Waals surface area contributed by atoms with E-state index in [0.717, 1.165) is 57.8 Å². The highest BCUT2D eigenvalue weighted by molar-refractivity contribution is 5.76. The molecule has 0 aromatic rings. The molecule has 0 fully saturated rings. The lowest BCUT2D eigenvalue weighted by Gasteiger charge is -2.20. The van der Waals surface area contributed by atoms with Gasteiger partial charge in [-0.25, -0.2) is 0 Å². The zero-order valence-corrected chi connectivity index (χ0v) is 37.4. The topological polar surface area (TPSA) is 95.9 Å². The quantitative estimate of drug-likeness (QED) is 0.0324. The molecule has 0 heterocycles. The van der Waals surface area contributed by atoms with E-state index in [1.54, 1.807) is 6.08 Å². The van der Waals surface area contributed by atoms with Gasteiger partial charge in [0.05, 0.1) is 25.4 Å². The van der Waals surface area contributed by atoms with Gasteiger partial charge in [-0.3, -0.25) is 9.59 Å². The smallest absolute Gasteiger partial charge is 0.305 e. The van der Waals surface area contributed by atoms with Crippen molar-refractivity contribution in [1.82, 2.24) is 5.32 Å². The predicted octanol–water partition coefficient (Wildman–Crippen LogP) is 14.3. The largest absolute Gasteiger partial charge is 0.466 e. The lowest BCUT2D eigenvalue weighted by molar-refractivity contribution is -0.143. The average molecular weight is 790 g/mol. The van der Waals surface area contributed by atoms with Gasteiger partial charge in [0.1, 0.15) is 0 Å². The monoisotopic (exact) mass is 790 g/mol. The first-order valence-electron chi connectivity index (χ1n) is 24.6. The third-order valence-corrected chi connectivity index (χ3v) is 11.2. The Hall–Kier alpha value is -1.66. The number of aliphatic hydroxyl groups excluding tert-OH is 2. The van der Waals surface area contributed by atoms with Gasteiger partial charge in [0, 0.05) is 12.8 Å². The highest BCUT2D eigenvalue weighted by atomic mass is 16.5. The minimum absolute atomic E-state index is 0.0312. The van der Waals surface area contributed by atoms with E-state index in [9.17, 15) is 19.8 Å². The second-order valence-corrected chi connectivity index (χ2v) is 16.8. The van der Waals surface area contributed by atoms with Crippen LogP contribution in [0.2, 0.25) is 0 Å². The number of aliphatic hydroxyl groups is 2. The van der Waals surface area contributed by atoms with E-state index in [0.29, 0.717) is 19.4 Å². The molecule has 6 heteroatoms. The highest BCUT2D eigenvalue weighted by Crippen LogP contribution is 2.15. The SMILES string of the molecule is CCCCCCCC/C=C\CCCCCCCCCC(=O)OCCCCCCCCCCCC(=O)NC(CO)C(O)/C=C/CCCCCCCCCCCCC. The molecule has 0 spiro atoms. The molecule has 3 N–H and O–H groups in total. The summed E-state index contributed by atoms with van der Waals surface area (Å²) in [6.45, 7) is 4.82. The molecule has 0 saturated carbocycles. The summed E-state index contributed by atoms with van der Waals surface area (Å²) in [6, 6.07) is -0.647. The molecule has 2 unspecified atom stereocenters. The van der Waals surface area contributed by atoms with E-state index >= 15 is 0 Å². The number of amides is 1. The van der Waals surface area contributed by atoms with Crippen LogP contribution in [0.3, 0.4) is 0 Å². The first kappa shape index (κ1) is 54.3. The summed E-state index contributed by atoms with van der Waals surface area (Å²) in [6.07, 6.45) is 53.1. The van der Waals surface area contributed by atoms with Crippen molar-refractivity contribution in [2.75, 3.05) is 13.2 Å².